The minimum absolute atomic E-state index is 0.00208. The third-order valence-corrected chi connectivity index (χ3v) is 2.44. The Balaban J connectivity index is 2.15. The van der Waals surface area contributed by atoms with Crippen molar-refractivity contribution >= 4 is 11.6 Å². The third kappa shape index (κ3) is 2.89. The fraction of sp³-hybridized carbons (Fsp3) is 0.0833. The molecule has 98 valence electrons. The molecule has 19 heavy (non-hydrogen) atoms. The van der Waals surface area contributed by atoms with Crippen molar-refractivity contribution in [1.82, 2.24) is 15.6 Å². The summed E-state index contributed by atoms with van der Waals surface area (Å²) in [6, 6.07) is 5.57. The highest BCUT2D eigenvalue weighted by molar-refractivity contribution is 6.02. The van der Waals surface area contributed by atoms with Crippen molar-refractivity contribution in [3.05, 3.63) is 41.7 Å². The Labute approximate surface area is 108 Å². The van der Waals surface area contributed by atoms with Gasteiger partial charge >= 0.3 is 0 Å². The summed E-state index contributed by atoms with van der Waals surface area (Å²) in [7, 11) is 0. The average Bonchev–Trinajstić information content (AvgIpc) is 2.92. The van der Waals surface area contributed by atoms with Crippen molar-refractivity contribution in [2.24, 2.45) is 5.10 Å². The van der Waals surface area contributed by atoms with Gasteiger partial charge in [-0.3, -0.25) is 9.89 Å². The molecule has 0 radical (unpaired) electrons. The van der Waals surface area contributed by atoms with E-state index in [2.05, 4.69) is 20.7 Å². The van der Waals surface area contributed by atoms with Gasteiger partial charge < -0.3 is 10.2 Å². The first-order valence-electron chi connectivity index (χ1n) is 5.44. The average molecular weight is 260 g/mol. The number of phenols is 2. The summed E-state index contributed by atoms with van der Waals surface area (Å²) < 4.78 is 0. The molecule has 4 N–H and O–H groups in total. The van der Waals surface area contributed by atoms with Crippen LogP contribution in [0.25, 0.3) is 0 Å². The second kappa shape index (κ2) is 5.21. The van der Waals surface area contributed by atoms with E-state index in [-0.39, 0.29) is 17.2 Å². The van der Waals surface area contributed by atoms with E-state index in [1.165, 1.54) is 30.5 Å². The highest BCUT2D eigenvalue weighted by Crippen LogP contribution is 2.22. The number of aromatic hydroxyl groups is 2. The molecule has 7 heteroatoms. The fourth-order valence-corrected chi connectivity index (χ4v) is 1.45. The summed E-state index contributed by atoms with van der Waals surface area (Å²) in [4.78, 5) is 11.6. The van der Waals surface area contributed by atoms with Crippen LogP contribution in [0, 0.1) is 0 Å². The van der Waals surface area contributed by atoms with Crippen LogP contribution in [0.4, 0.5) is 0 Å². The van der Waals surface area contributed by atoms with Gasteiger partial charge in [-0.25, -0.2) is 5.43 Å². The molecule has 0 aliphatic rings. The molecule has 2 rings (SSSR count). The van der Waals surface area contributed by atoms with Crippen LogP contribution in [-0.4, -0.2) is 32.0 Å². The van der Waals surface area contributed by atoms with E-state index in [1.54, 1.807) is 6.92 Å². The van der Waals surface area contributed by atoms with Gasteiger partial charge in [-0.15, -0.1) is 0 Å². The number of nitrogens with one attached hydrogen (secondary N) is 2. The van der Waals surface area contributed by atoms with Gasteiger partial charge in [0.05, 0.1) is 5.71 Å². The normalized spacial score (nSPS) is 11.3. The van der Waals surface area contributed by atoms with Crippen LogP contribution in [-0.2, 0) is 0 Å². The Morgan fingerprint density at radius 1 is 1.37 bits per heavy atom. The van der Waals surface area contributed by atoms with E-state index in [0.29, 0.717) is 11.3 Å². The number of phenolic OH excluding ortho intramolecular Hbond substituents is 2. The van der Waals surface area contributed by atoms with Gasteiger partial charge in [0.15, 0.2) is 0 Å². The molecular weight excluding hydrogens is 248 g/mol. The summed E-state index contributed by atoms with van der Waals surface area (Å²) in [5.41, 5.74) is 3.29. The number of H-pyrrole nitrogens is 1. The smallest absolute Gasteiger partial charge is 0.289 e. The molecule has 2 aromatic rings. The maximum absolute atomic E-state index is 11.6. The van der Waals surface area contributed by atoms with Crippen molar-refractivity contribution in [3.8, 4) is 11.5 Å². The van der Waals surface area contributed by atoms with Crippen LogP contribution in [0.2, 0.25) is 0 Å². The van der Waals surface area contributed by atoms with Gasteiger partial charge in [-0.05, 0) is 31.2 Å². The molecule has 0 spiro atoms. The number of rotatable bonds is 3. The molecule has 0 aliphatic heterocycles. The monoisotopic (exact) mass is 260 g/mol. The molecule has 0 unspecified atom stereocenters. The lowest BCUT2D eigenvalue weighted by Gasteiger charge is -2.05. The number of hydrazone groups is 1. The van der Waals surface area contributed by atoms with Gasteiger partial charge in [0.2, 0.25) is 0 Å². The number of nitrogens with zero attached hydrogens (tertiary/aromatic N) is 2. The predicted octanol–water partition coefficient (Wildman–Crippen LogP) is 0.975. The Hall–Kier alpha value is -2.83. The van der Waals surface area contributed by atoms with Gasteiger partial charge in [0, 0.05) is 11.8 Å². The molecule has 7 nitrogen and oxygen atoms in total. The number of aromatic nitrogens is 2. The van der Waals surface area contributed by atoms with Crippen LogP contribution in [0.15, 0.2) is 35.6 Å². The van der Waals surface area contributed by atoms with Crippen molar-refractivity contribution < 1.29 is 15.0 Å². The molecule has 0 atom stereocenters. The summed E-state index contributed by atoms with van der Waals surface area (Å²) in [6.07, 6.45) is 1.45. The quantitative estimate of drug-likeness (QED) is 0.374. The molecule has 0 fully saturated rings. The van der Waals surface area contributed by atoms with Gasteiger partial charge in [-0.2, -0.15) is 10.2 Å². The highest BCUT2D eigenvalue weighted by Gasteiger charge is 2.08. The first-order chi connectivity index (χ1) is 9.08. The van der Waals surface area contributed by atoms with Crippen molar-refractivity contribution in [2.45, 2.75) is 6.92 Å². The van der Waals surface area contributed by atoms with Crippen LogP contribution < -0.4 is 5.43 Å². The molecule has 1 heterocycles. The zero-order chi connectivity index (χ0) is 13.8. The SMILES string of the molecule is C/C(=N\NC(=O)c1ccn[nH]1)c1cc(O)ccc1O. The number of amides is 1. The number of carbonyl (C=O) groups excluding carboxylic acids is 1. The zero-order valence-corrected chi connectivity index (χ0v) is 10.1. The number of aromatic amines is 1. The molecular formula is C12H12N4O3. The molecule has 0 aliphatic carbocycles. The van der Waals surface area contributed by atoms with Crippen molar-refractivity contribution in [1.29, 1.82) is 0 Å². The van der Waals surface area contributed by atoms with Crippen LogP contribution >= 0.6 is 0 Å². The lowest BCUT2D eigenvalue weighted by atomic mass is 10.1. The van der Waals surface area contributed by atoms with E-state index in [1.807, 2.05) is 0 Å². The summed E-state index contributed by atoms with van der Waals surface area (Å²) in [6.45, 7) is 1.60. The second-order valence-corrected chi connectivity index (χ2v) is 3.81. The van der Waals surface area contributed by atoms with E-state index in [9.17, 15) is 15.0 Å². The largest absolute Gasteiger partial charge is 0.508 e. The Bertz CT molecular complexity index is 620. The minimum atomic E-state index is -0.448. The molecule has 0 bridgehead atoms. The van der Waals surface area contributed by atoms with E-state index >= 15 is 0 Å². The van der Waals surface area contributed by atoms with Crippen molar-refractivity contribution in [3.63, 3.8) is 0 Å². The van der Waals surface area contributed by atoms with Gasteiger partial charge in [0.25, 0.3) is 5.91 Å². The molecule has 0 saturated carbocycles. The lowest BCUT2D eigenvalue weighted by molar-refractivity contribution is 0.0950. The topological polar surface area (TPSA) is 111 Å². The minimum Gasteiger partial charge on any atom is -0.508 e. The predicted molar refractivity (Wildman–Crippen MR) is 68.0 cm³/mol. The number of carbonyl (C=O) groups is 1. The van der Waals surface area contributed by atoms with Crippen LogP contribution in [0.1, 0.15) is 23.0 Å². The third-order valence-electron chi connectivity index (χ3n) is 2.44. The molecule has 1 aromatic heterocycles. The first kappa shape index (κ1) is 12.6. The van der Waals surface area contributed by atoms with E-state index in [4.69, 9.17) is 0 Å². The molecule has 1 aromatic carbocycles. The Kier molecular flexibility index (Phi) is 3.46. The Morgan fingerprint density at radius 3 is 2.84 bits per heavy atom. The fourth-order valence-electron chi connectivity index (χ4n) is 1.45. The summed E-state index contributed by atoms with van der Waals surface area (Å²) >= 11 is 0. The van der Waals surface area contributed by atoms with Crippen molar-refractivity contribution in [2.75, 3.05) is 0 Å². The highest BCUT2D eigenvalue weighted by atomic mass is 16.3. The maximum Gasteiger partial charge on any atom is 0.289 e. The molecule has 0 saturated heterocycles. The number of hydrogen-bond acceptors (Lipinski definition) is 5. The standard InChI is InChI=1S/C12H12N4O3/c1-7(9-6-8(17)2-3-11(9)18)14-16-12(19)10-4-5-13-15-10/h2-6,17-18H,1H3,(H,13,15)(H,16,19)/b14-7+. The molecule has 1 amide bonds. The summed E-state index contributed by atoms with van der Waals surface area (Å²) in [5, 5.41) is 29.0. The number of hydrogen-bond donors (Lipinski definition) is 4. The van der Waals surface area contributed by atoms with E-state index in [0.717, 1.165) is 0 Å². The lowest BCUT2D eigenvalue weighted by Crippen LogP contribution is -2.19. The van der Waals surface area contributed by atoms with Gasteiger partial charge in [0.1, 0.15) is 17.2 Å². The first-order valence-corrected chi connectivity index (χ1v) is 5.44. The zero-order valence-electron chi connectivity index (χ0n) is 10.1. The maximum atomic E-state index is 11.6. The van der Waals surface area contributed by atoms with Gasteiger partial charge in [-0.1, -0.05) is 0 Å². The Morgan fingerprint density at radius 2 is 2.16 bits per heavy atom. The number of benzene rings is 1. The van der Waals surface area contributed by atoms with E-state index < -0.39 is 5.91 Å². The second-order valence-electron chi connectivity index (χ2n) is 3.81. The van der Waals surface area contributed by atoms with Crippen LogP contribution in [0.3, 0.4) is 0 Å². The van der Waals surface area contributed by atoms with Crippen LogP contribution in [0.5, 0.6) is 11.5 Å². The summed E-state index contributed by atoms with van der Waals surface area (Å²) in [5.74, 6) is -0.478.